The first-order chi connectivity index (χ1) is 11.6. The van der Waals surface area contributed by atoms with Gasteiger partial charge >= 0.3 is 5.97 Å². The fraction of sp³-hybridized carbons (Fsp3) is 0.842. The number of carbonyl (C=O) groups is 2. The van der Waals surface area contributed by atoms with Crippen LogP contribution in [-0.2, 0) is 14.3 Å². The van der Waals surface area contributed by atoms with Gasteiger partial charge in [0.2, 0.25) is 5.91 Å². The molecule has 4 saturated carbocycles. The summed E-state index contributed by atoms with van der Waals surface area (Å²) in [4.78, 5) is 26.4. The molecular formula is C19H26N2O3. The van der Waals surface area contributed by atoms with Crippen LogP contribution in [-0.4, -0.2) is 35.5 Å². The molecular weight excluding hydrogens is 304 g/mol. The maximum absolute atomic E-state index is 13.1. The van der Waals surface area contributed by atoms with E-state index in [1.807, 2.05) is 0 Å². The lowest BCUT2D eigenvalue weighted by molar-refractivity contribution is -0.151. The molecule has 5 fully saturated rings. The molecule has 0 aromatic carbocycles. The Balaban J connectivity index is 1.52. The van der Waals surface area contributed by atoms with Crippen molar-refractivity contribution >= 4 is 11.9 Å². The number of nitriles is 1. The highest BCUT2D eigenvalue weighted by Crippen LogP contribution is 2.58. The highest BCUT2D eigenvalue weighted by atomic mass is 16.5. The molecule has 1 heterocycles. The summed E-state index contributed by atoms with van der Waals surface area (Å²) >= 11 is 0. The standard InChI is InChI=1S/C19H26N2O3/c20-2-1-3-21(17(22)7-16-8-18(23)24-12-16)19-9-13-4-14(10-19)6-15(5-13)11-19/h13-16H,1,3-12H2/t13?,14?,15?,16-,19?/m1/s1. The lowest BCUT2D eigenvalue weighted by atomic mass is 9.52. The molecule has 0 spiro atoms. The van der Waals surface area contributed by atoms with Gasteiger partial charge in [-0.25, -0.2) is 0 Å². The first kappa shape index (κ1) is 15.9. The predicted molar refractivity (Wildman–Crippen MR) is 86.5 cm³/mol. The molecule has 5 nitrogen and oxygen atoms in total. The summed E-state index contributed by atoms with van der Waals surface area (Å²) in [5.74, 6) is 2.27. The second-order valence-electron chi connectivity index (χ2n) is 8.55. The van der Waals surface area contributed by atoms with Gasteiger partial charge in [0.1, 0.15) is 0 Å². The van der Waals surface area contributed by atoms with Crippen molar-refractivity contribution in [2.24, 2.45) is 23.7 Å². The summed E-state index contributed by atoms with van der Waals surface area (Å²) in [7, 11) is 0. The first-order valence-electron chi connectivity index (χ1n) is 9.41. The van der Waals surface area contributed by atoms with Crippen molar-refractivity contribution in [1.82, 2.24) is 4.90 Å². The van der Waals surface area contributed by atoms with Crippen molar-refractivity contribution in [2.45, 2.75) is 63.3 Å². The molecule has 0 aromatic rings. The monoisotopic (exact) mass is 330 g/mol. The second kappa shape index (κ2) is 6.06. The molecule has 1 saturated heterocycles. The van der Waals surface area contributed by atoms with E-state index in [2.05, 4.69) is 11.0 Å². The minimum Gasteiger partial charge on any atom is -0.465 e. The van der Waals surface area contributed by atoms with Gasteiger partial charge < -0.3 is 9.64 Å². The van der Waals surface area contributed by atoms with Gasteiger partial charge in [-0.1, -0.05) is 0 Å². The third-order valence-electron chi connectivity index (χ3n) is 6.73. The number of ether oxygens (including phenoxy) is 1. The van der Waals surface area contributed by atoms with Gasteiger partial charge in [0.15, 0.2) is 0 Å². The molecule has 5 heteroatoms. The Kier molecular flexibility index (Phi) is 4.02. The van der Waals surface area contributed by atoms with E-state index in [4.69, 9.17) is 10.00 Å². The van der Waals surface area contributed by atoms with Crippen molar-refractivity contribution < 1.29 is 14.3 Å². The number of esters is 1. The number of carbonyl (C=O) groups excluding carboxylic acids is 2. The lowest BCUT2D eigenvalue weighted by Gasteiger charge is -2.60. The maximum atomic E-state index is 13.1. The maximum Gasteiger partial charge on any atom is 0.306 e. The van der Waals surface area contributed by atoms with Crippen molar-refractivity contribution in [3.05, 3.63) is 0 Å². The fourth-order valence-electron chi connectivity index (χ4n) is 6.24. The van der Waals surface area contributed by atoms with Crippen LogP contribution in [0.25, 0.3) is 0 Å². The molecule has 0 radical (unpaired) electrons. The van der Waals surface area contributed by atoms with E-state index >= 15 is 0 Å². The van der Waals surface area contributed by atoms with Crippen LogP contribution in [0.3, 0.4) is 0 Å². The summed E-state index contributed by atoms with van der Waals surface area (Å²) in [6.07, 6.45) is 8.52. The summed E-state index contributed by atoms with van der Waals surface area (Å²) in [6, 6.07) is 2.21. The van der Waals surface area contributed by atoms with Crippen LogP contribution in [0.1, 0.15) is 57.8 Å². The predicted octanol–water partition coefficient (Wildman–Crippen LogP) is 2.65. The molecule has 0 aromatic heterocycles. The molecule has 0 N–H and O–H groups in total. The summed E-state index contributed by atoms with van der Waals surface area (Å²) in [5, 5.41) is 9.05. The highest BCUT2D eigenvalue weighted by molar-refractivity contribution is 5.79. The average Bonchev–Trinajstić information content (AvgIpc) is 2.91. The summed E-state index contributed by atoms with van der Waals surface area (Å²) in [5.41, 5.74) is -0.00778. The third-order valence-corrected chi connectivity index (χ3v) is 6.73. The highest BCUT2D eigenvalue weighted by Gasteiger charge is 2.54. The molecule has 1 atom stereocenters. The van der Waals surface area contributed by atoms with Crippen molar-refractivity contribution in [3.8, 4) is 6.07 Å². The fourth-order valence-corrected chi connectivity index (χ4v) is 6.24. The second-order valence-corrected chi connectivity index (χ2v) is 8.55. The van der Waals surface area contributed by atoms with Gasteiger partial charge in [-0.2, -0.15) is 5.26 Å². The van der Waals surface area contributed by atoms with E-state index in [-0.39, 0.29) is 23.3 Å². The Labute approximate surface area is 143 Å². The summed E-state index contributed by atoms with van der Waals surface area (Å²) in [6.45, 7) is 0.917. The van der Waals surface area contributed by atoms with Crippen LogP contribution in [0.4, 0.5) is 0 Å². The molecule has 4 aliphatic carbocycles. The molecule has 5 aliphatic rings. The van der Waals surface area contributed by atoms with E-state index < -0.39 is 0 Å². The number of nitrogens with zero attached hydrogens (tertiary/aromatic N) is 2. The van der Waals surface area contributed by atoms with Crippen LogP contribution in [0, 0.1) is 35.0 Å². The van der Waals surface area contributed by atoms with Crippen molar-refractivity contribution in [1.29, 1.82) is 5.26 Å². The van der Waals surface area contributed by atoms with Gasteiger partial charge in [0, 0.05) is 24.4 Å². The zero-order valence-electron chi connectivity index (χ0n) is 14.2. The topological polar surface area (TPSA) is 70.4 Å². The minimum atomic E-state index is -0.189. The zero-order chi connectivity index (χ0) is 16.7. The average molecular weight is 330 g/mol. The Hall–Kier alpha value is -1.57. The Morgan fingerprint density at radius 3 is 2.33 bits per heavy atom. The number of hydrogen-bond donors (Lipinski definition) is 0. The number of hydrogen-bond acceptors (Lipinski definition) is 4. The SMILES string of the molecule is N#CCCN(C(=O)C[C@H]1COC(=O)C1)C12CC3CC(CC(C3)C1)C2. The van der Waals surface area contributed by atoms with Gasteiger partial charge in [-0.05, 0) is 56.3 Å². The molecule has 130 valence electrons. The van der Waals surface area contributed by atoms with Crippen molar-refractivity contribution in [2.75, 3.05) is 13.2 Å². The van der Waals surface area contributed by atoms with Crippen LogP contribution < -0.4 is 0 Å². The van der Waals surface area contributed by atoms with E-state index in [0.717, 1.165) is 37.0 Å². The number of rotatable bonds is 5. The van der Waals surface area contributed by atoms with Gasteiger partial charge in [0.05, 0.1) is 25.5 Å². The molecule has 1 aliphatic heterocycles. The first-order valence-corrected chi connectivity index (χ1v) is 9.41. The van der Waals surface area contributed by atoms with Crippen LogP contribution >= 0.6 is 0 Å². The Bertz CT molecular complexity index is 544. The van der Waals surface area contributed by atoms with Gasteiger partial charge in [0.25, 0.3) is 0 Å². The number of amides is 1. The Morgan fingerprint density at radius 2 is 1.83 bits per heavy atom. The van der Waals surface area contributed by atoms with E-state index in [1.54, 1.807) is 0 Å². The largest absolute Gasteiger partial charge is 0.465 e. The van der Waals surface area contributed by atoms with E-state index in [9.17, 15) is 9.59 Å². The normalized spacial score (nSPS) is 39.5. The lowest BCUT2D eigenvalue weighted by Crippen LogP contribution is -2.61. The summed E-state index contributed by atoms with van der Waals surface area (Å²) < 4.78 is 5.01. The quantitative estimate of drug-likeness (QED) is 0.727. The molecule has 5 rings (SSSR count). The minimum absolute atomic E-state index is 0.00778. The van der Waals surface area contributed by atoms with Crippen LogP contribution in [0.5, 0.6) is 0 Å². The molecule has 4 bridgehead atoms. The molecule has 0 unspecified atom stereocenters. The molecule has 1 amide bonds. The van der Waals surface area contributed by atoms with Gasteiger partial charge in [-0.15, -0.1) is 0 Å². The van der Waals surface area contributed by atoms with Crippen LogP contribution in [0.2, 0.25) is 0 Å². The van der Waals surface area contributed by atoms with Gasteiger partial charge in [-0.3, -0.25) is 9.59 Å². The smallest absolute Gasteiger partial charge is 0.306 e. The zero-order valence-corrected chi connectivity index (χ0v) is 14.2. The van der Waals surface area contributed by atoms with Crippen molar-refractivity contribution in [3.63, 3.8) is 0 Å². The number of cyclic esters (lactones) is 1. The van der Waals surface area contributed by atoms with Crippen LogP contribution in [0.15, 0.2) is 0 Å². The van der Waals surface area contributed by atoms with E-state index in [0.29, 0.717) is 32.4 Å². The molecule has 24 heavy (non-hydrogen) atoms. The van der Waals surface area contributed by atoms with E-state index in [1.165, 1.54) is 19.3 Å². The Morgan fingerprint density at radius 1 is 1.21 bits per heavy atom. The third kappa shape index (κ3) is 2.81.